The predicted octanol–water partition coefficient (Wildman–Crippen LogP) is -0.0760. The predicted molar refractivity (Wildman–Crippen MR) is 25.9 cm³/mol. The van der Waals surface area contributed by atoms with Gasteiger partial charge in [-0.05, 0) is 11.7 Å². The molecule has 0 aromatic rings. The van der Waals surface area contributed by atoms with Gasteiger partial charge < -0.3 is 5.11 Å². The minimum Gasteiger partial charge on any atom is -0.469 e. The molecule has 0 aromatic heterocycles. The van der Waals surface area contributed by atoms with Crippen molar-refractivity contribution in [1.82, 2.24) is 0 Å². The summed E-state index contributed by atoms with van der Waals surface area (Å²) in [6.07, 6.45) is 0. The normalized spacial score (nSPS) is 11.0. The van der Waals surface area contributed by atoms with Crippen molar-refractivity contribution in [3.63, 3.8) is 0 Å². The quantitative estimate of drug-likeness (QED) is 0.366. The standard InChI is InChI=1S/CH2O4S2/c2-1(3)7(4,5)6/h(H,2,3)(H,4,5,6). The van der Waals surface area contributed by atoms with Crippen LogP contribution in [-0.4, -0.2) is 18.8 Å². The van der Waals surface area contributed by atoms with Crippen LogP contribution in [0.1, 0.15) is 0 Å². The van der Waals surface area contributed by atoms with Gasteiger partial charge in [-0.3, -0.25) is 0 Å². The molecule has 0 rings (SSSR count). The van der Waals surface area contributed by atoms with Crippen molar-refractivity contribution in [2.75, 3.05) is 0 Å². The van der Waals surface area contributed by atoms with E-state index in [4.69, 9.17) is 5.11 Å². The smallest absolute Gasteiger partial charge is 0.432 e. The molecule has 42 valence electrons. The zero-order valence-electron chi connectivity index (χ0n) is 3.03. The number of hydrogen-bond acceptors (Lipinski definition) is 3. The van der Waals surface area contributed by atoms with Crippen molar-refractivity contribution in [2.24, 2.45) is 0 Å². The van der Waals surface area contributed by atoms with E-state index < -0.39 is 14.2 Å². The van der Waals surface area contributed by atoms with Gasteiger partial charge in [-0.25, -0.2) is 13.2 Å². The fourth-order valence-electron chi connectivity index (χ4n) is 0. The van der Waals surface area contributed by atoms with Crippen molar-refractivity contribution in [3.8, 4) is 0 Å². The van der Waals surface area contributed by atoms with E-state index in [0.717, 1.165) is 0 Å². The SMILES string of the molecule is O=C(O)S(=O)(=O)S. The average Bonchev–Trinajstić information content (AvgIpc) is 1.31. The molecule has 0 aromatic carbocycles. The van der Waals surface area contributed by atoms with Gasteiger partial charge in [-0.2, -0.15) is 0 Å². The molecule has 0 aliphatic carbocycles. The molecule has 0 saturated carbocycles. The third-order valence-corrected chi connectivity index (χ3v) is 1.13. The largest absolute Gasteiger partial charge is 0.469 e. The lowest BCUT2D eigenvalue weighted by atomic mass is 11.6. The summed E-state index contributed by atoms with van der Waals surface area (Å²) >= 11 is 2.72. The van der Waals surface area contributed by atoms with Crippen molar-refractivity contribution in [1.29, 1.82) is 0 Å². The molecule has 7 heavy (non-hydrogen) atoms. The first-order chi connectivity index (χ1) is 2.94. The molecule has 0 unspecified atom stereocenters. The van der Waals surface area contributed by atoms with Crippen LogP contribution in [0, 0.1) is 0 Å². The Bertz CT molecular complexity index is 164. The summed E-state index contributed by atoms with van der Waals surface area (Å²) in [7, 11) is -4.13. The molecule has 0 atom stereocenters. The van der Waals surface area contributed by atoms with Gasteiger partial charge in [0, 0.05) is 0 Å². The Labute approximate surface area is 44.9 Å². The highest BCUT2D eigenvalue weighted by atomic mass is 33.1. The van der Waals surface area contributed by atoms with E-state index >= 15 is 0 Å². The van der Waals surface area contributed by atoms with E-state index in [1.807, 2.05) is 0 Å². The summed E-state index contributed by atoms with van der Waals surface area (Å²) in [4.78, 5) is 9.36. The number of carboxylic acid groups (broad SMARTS) is 1. The van der Waals surface area contributed by atoms with E-state index in [9.17, 15) is 13.2 Å². The first-order valence-electron chi connectivity index (χ1n) is 1.15. The zero-order chi connectivity index (χ0) is 6.08. The minimum absolute atomic E-state index is 1.92. The summed E-state index contributed by atoms with van der Waals surface area (Å²) < 4.78 is 19.2. The molecule has 0 spiro atoms. The second-order valence-electron chi connectivity index (χ2n) is 0.741. The third-order valence-electron chi connectivity index (χ3n) is 0.221. The Kier molecular flexibility index (Phi) is 1.65. The lowest BCUT2D eigenvalue weighted by Crippen LogP contribution is -2.01. The van der Waals surface area contributed by atoms with Crippen molar-refractivity contribution < 1.29 is 18.3 Å². The molecule has 0 saturated heterocycles. The lowest BCUT2D eigenvalue weighted by Gasteiger charge is -1.78. The Balaban J connectivity index is 4.43. The van der Waals surface area contributed by atoms with E-state index in [-0.39, 0.29) is 0 Å². The van der Waals surface area contributed by atoms with E-state index in [0.29, 0.717) is 0 Å². The first-order valence-corrected chi connectivity index (χ1v) is 3.68. The Morgan fingerprint density at radius 1 is 1.57 bits per heavy atom. The maximum atomic E-state index is 9.60. The number of rotatable bonds is 0. The molecule has 0 bridgehead atoms. The fourth-order valence-corrected chi connectivity index (χ4v) is 0. The molecule has 0 aliphatic rings. The molecule has 0 fully saturated rings. The molecule has 6 heteroatoms. The molecule has 1 N–H and O–H groups in total. The van der Waals surface area contributed by atoms with Gasteiger partial charge in [-0.1, -0.05) is 0 Å². The summed E-state index contributed by atoms with van der Waals surface area (Å²) in [5, 5.41) is 5.67. The molecular weight excluding hydrogens is 140 g/mol. The van der Waals surface area contributed by atoms with Crippen LogP contribution in [0.2, 0.25) is 0 Å². The second-order valence-corrected chi connectivity index (χ2v) is 3.48. The van der Waals surface area contributed by atoms with Crippen LogP contribution in [0.15, 0.2) is 0 Å². The van der Waals surface area contributed by atoms with Crippen LogP contribution >= 0.6 is 11.7 Å². The molecule has 0 amide bonds. The Hall–Kier alpha value is -0.230. The average molecular weight is 142 g/mol. The fraction of sp³-hybridized carbons (Fsp3) is 0. The molecule has 4 nitrogen and oxygen atoms in total. The highest BCUT2D eigenvalue weighted by Crippen LogP contribution is 1.93. The van der Waals surface area contributed by atoms with Crippen molar-refractivity contribution in [3.05, 3.63) is 0 Å². The first kappa shape index (κ1) is 6.77. The van der Waals surface area contributed by atoms with E-state index in [1.165, 1.54) is 0 Å². The van der Waals surface area contributed by atoms with Crippen LogP contribution < -0.4 is 0 Å². The number of hydrogen-bond donors (Lipinski definition) is 2. The van der Waals surface area contributed by atoms with Gasteiger partial charge >= 0.3 is 5.30 Å². The highest BCUT2D eigenvalue weighted by molar-refractivity contribution is 8.69. The maximum absolute atomic E-state index is 9.60. The highest BCUT2D eigenvalue weighted by Gasteiger charge is 2.12. The minimum atomic E-state index is -4.13. The number of carbonyl (C=O) groups is 1. The van der Waals surface area contributed by atoms with Gasteiger partial charge in [0.2, 0.25) is 0 Å². The van der Waals surface area contributed by atoms with Gasteiger partial charge in [0.1, 0.15) is 0 Å². The Morgan fingerprint density at radius 2 is 1.71 bits per heavy atom. The van der Waals surface area contributed by atoms with Crippen LogP contribution in [0.5, 0.6) is 0 Å². The van der Waals surface area contributed by atoms with Crippen molar-refractivity contribution in [2.45, 2.75) is 0 Å². The van der Waals surface area contributed by atoms with Crippen molar-refractivity contribution >= 4 is 25.8 Å². The monoisotopic (exact) mass is 142 g/mol. The second kappa shape index (κ2) is 1.71. The topological polar surface area (TPSA) is 71.4 Å². The van der Waals surface area contributed by atoms with Crippen LogP contribution in [-0.2, 0) is 8.87 Å². The molecule has 0 radical (unpaired) electrons. The van der Waals surface area contributed by atoms with Gasteiger partial charge in [-0.15, -0.1) is 0 Å². The summed E-state index contributed by atoms with van der Waals surface area (Å²) in [5.74, 6) is 0. The third kappa shape index (κ3) is 2.46. The van der Waals surface area contributed by atoms with E-state index in [2.05, 4.69) is 11.7 Å². The van der Waals surface area contributed by atoms with Crippen LogP contribution in [0.3, 0.4) is 0 Å². The van der Waals surface area contributed by atoms with E-state index in [1.54, 1.807) is 0 Å². The summed E-state index contributed by atoms with van der Waals surface area (Å²) in [5.41, 5.74) is 0. The zero-order valence-corrected chi connectivity index (χ0v) is 4.74. The molecule has 0 aliphatic heterocycles. The maximum Gasteiger partial charge on any atom is 0.432 e. The lowest BCUT2D eigenvalue weighted by molar-refractivity contribution is 0.220. The van der Waals surface area contributed by atoms with Crippen LogP contribution in [0.4, 0.5) is 4.79 Å². The van der Waals surface area contributed by atoms with Gasteiger partial charge in [0.15, 0.2) is 0 Å². The number of thiol groups is 1. The van der Waals surface area contributed by atoms with Gasteiger partial charge in [0.05, 0.1) is 0 Å². The summed E-state index contributed by atoms with van der Waals surface area (Å²) in [6.45, 7) is 0. The molecular formula is CH2O4S2. The van der Waals surface area contributed by atoms with Crippen LogP contribution in [0.25, 0.3) is 0 Å². The molecule has 0 heterocycles. The Morgan fingerprint density at radius 3 is 1.71 bits per heavy atom. The van der Waals surface area contributed by atoms with Gasteiger partial charge in [0.25, 0.3) is 8.87 Å². The summed E-state index contributed by atoms with van der Waals surface area (Å²) in [6, 6.07) is 0.